The summed E-state index contributed by atoms with van der Waals surface area (Å²) in [4.78, 5) is 0. The molecule has 0 nitrogen and oxygen atoms in total. The molecule has 1 saturated carbocycles. The Balaban J connectivity index is -0.000000176. The molecular formula is C15H32. The van der Waals surface area contributed by atoms with Gasteiger partial charge in [-0.1, -0.05) is 53.0 Å². The van der Waals surface area contributed by atoms with Crippen LogP contribution in [-0.4, -0.2) is 0 Å². The van der Waals surface area contributed by atoms with Gasteiger partial charge in [0.15, 0.2) is 0 Å². The van der Waals surface area contributed by atoms with Gasteiger partial charge in [0.05, 0.1) is 0 Å². The van der Waals surface area contributed by atoms with Crippen molar-refractivity contribution in [3.05, 3.63) is 25.8 Å². The maximum Gasteiger partial charge on any atom is -0.0354 e. The molecule has 0 unspecified atom stereocenters. The molecule has 0 N–H and O–H groups in total. The third kappa shape index (κ3) is 19.8. The number of allylic oxidation sites excluding steroid dienone is 1. The lowest BCUT2D eigenvalue weighted by molar-refractivity contribution is 0.244. The van der Waals surface area contributed by atoms with E-state index in [1.165, 1.54) is 32.1 Å². The Labute approximate surface area is 98.5 Å². The van der Waals surface area contributed by atoms with E-state index in [-0.39, 0.29) is 0 Å². The molecule has 92 valence electrons. The summed E-state index contributed by atoms with van der Waals surface area (Å²) in [7, 11) is 0. The predicted octanol–water partition coefficient (Wildman–Crippen LogP) is 6.00. The highest BCUT2D eigenvalue weighted by Gasteiger charge is 2.19. The van der Waals surface area contributed by atoms with E-state index >= 15 is 0 Å². The van der Waals surface area contributed by atoms with Crippen LogP contribution in [0.3, 0.4) is 0 Å². The summed E-state index contributed by atoms with van der Waals surface area (Å²) < 4.78 is 0. The van der Waals surface area contributed by atoms with Crippen LogP contribution in [0.4, 0.5) is 0 Å². The Hall–Kier alpha value is -0.520. The fourth-order valence-electron chi connectivity index (χ4n) is 1.51. The van der Waals surface area contributed by atoms with Crippen LogP contribution in [0.15, 0.2) is 25.8 Å². The average Bonchev–Trinajstić information content (AvgIpc) is 2.24. The highest BCUT2D eigenvalue weighted by Crippen LogP contribution is 2.34. The Morgan fingerprint density at radius 1 is 0.933 bits per heavy atom. The quantitative estimate of drug-likeness (QED) is 0.432. The molecule has 0 heterocycles. The van der Waals surface area contributed by atoms with Crippen molar-refractivity contribution in [2.45, 2.75) is 66.7 Å². The van der Waals surface area contributed by atoms with Crippen molar-refractivity contribution < 1.29 is 0 Å². The van der Waals surface area contributed by atoms with Gasteiger partial charge in [0.1, 0.15) is 0 Å². The van der Waals surface area contributed by atoms with Crippen molar-refractivity contribution in [1.82, 2.24) is 0 Å². The van der Waals surface area contributed by atoms with E-state index in [1.807, 2.05) is 20.8 Å². The maximum atomic E-state index is 3.36. The topological polar surface area (TPSA) is 0 Å². The molecule has 15 heavy (non-hydrogen) atoms. The van der Waals surface area contributed by atoms with E-state index in [9.17, 15) is 0 Å². The lowest BCUT2D eigenvalue weighted by Crippen LogP contribution is -2.14. The molecule has 0 radical (unpaired) electrons. The van der Waals surface area contributed by atoms with Crippen LogP contribution in [0.1, 0.15) is 66.7 Å². The van der Waals surface area contributed by atoms with E-state index in [4.69, 9.17) is 0 Å². The largest absolute Gasteiger partial charge is 0.106 e. The van der Waals surface area contributed by atoms with Gasteiger partial charge < -0.3 is 0 Å². The first kappa shape index (κ1) is 20.0. The van der Waals surface area contributed by atoms with Gasteiger partial charge >= 0.3 is 0 Å². The van der Waals surface area contributed by atoms with Crippen LogP contribution in [-0.2, 0) is 0 Å². The zero-order valence-corrected chi connectivity index (χ0v) is 11.7. The molecule has 0 heteroatoms. The van der Waals surface area contributed by atoms with Crippen LogP contribution in [0, 0.1) is 5.41 Å². The van der Waals surface area contributed by atoms with E-state index < -0.39 is 0 Å². The smallest absolute Gasteiger partial charge is 0.0354 e. The summed E-state index contributed by atoms with van der Waals surface area (Å²) in [6.45, 7) is 20.0. The lowest BCUT2D eigenvalue weighted by atomic mass is 9.78. The molecule has 0 aliphatic heterocycles. The maximum absolute atomic E-state index is 3.36. The lowest BCUT2D eigenvalue weighted by Gasteiger charge is -2.28. The molecule has 0 saturated heterocycles. The van der Waals surface area contributed by atoms with Crippen LogP contribution < -0.4 is 0 Å². The first-order chi connectivity index (χ1) is 7.12. The minimum absolute atomic E-state index is 0.679. The average molecular weight is 212 g/mol. The van der Waals surface area contributed by atoms with Gasteiger partial charge in [-0.15, -0.1) is 19.7 Å². The Morgan fingerprint density at radius 3 is 1.33 bits per heavy atom. The van der Waals surface area contributed by atoms with Crippen LogP contribution >= 0.6 is 0 Å². The second kappa shape index (κ2) is 15.9. The van der Waals surface area contributed by atoms with E-state index in [1.54, 1.807) is 6.08 Å². The molecule has 0 amide bonds. The van der Waals surface area contributed by atoms with E-state index in [0.717, 1.165) is 0 Å². The van der Waals surface area contributed by atoms with Crippen molar-refractivity contribution in [2.75, 3.05) is 0 Å². The van der Waals surface area contributed by atoms with Gasteiger partial charge in [0.25, 0.3) is 0 Å². The van der Waals surface area contributed by atoms with Crippen molar-refractivity contribution in [3.8, 4) is 0 Å². The Kier molecular flexibility index (Phi) is 21.2. The second-order valence-electron chi connectivity index (χ2n) is 4.13. The Bertz CT molecular complexity index is 103. The summed E-state index contributed by atoms with van der Waals surface area (Å²) in [6, 6.07) is 0. The molecule has 0 aromatic heterocycles. The predicted molar refractivity (Wildman–Crippen MR) is 75.3 cm³/mol. The first-order valence-corrected chi connectivity index (χ1v) is 6.19. The number of rotatable bonds is 0. The molecule has 0 bridgehead atoms. The normalized spacial score (nSPS) is 16.3. The molecule has 1 fully saturated rings. The van der Waals surface area contributed by atoms with Crippen LogP contribution in [0.2, 0.25) is 0 Å². The van der Waals surface area contributed by atoms with Crippen molar-refractivity contribution in [3.63, 3.8) is 0 Å². The number of hydrogen-bond acceptors (Lipinski definition) is 0. The molecule has 1 rings (SSSR count). The van der Waals surface area contributed by atoms with Crippen molar-refractivity contribution in [1.29, 1.82) is 0 Å². The van der Waals surface area contributed by atoms with Gasteiger partial charge in [-0.05, 0) is 25.2 Å². The molecular weight excluding hydrogens is 180 g/mol. The van der Waals surface area contributed by atoms with Gasteiger partial charge in [0.2, 0.25) is 0 Å². The monoisotopic (exact) mass is 212 g/mol. The van der Waals surface area contributed by atoms with Gasteiger partial charge in [0, 0.05) is 0 Å². The van der Waals surface area contributed by atoms with Crippen molar-refractivity contribution >= 4 is 0 Å². The minimum atomic E-state index is 0.679. The van der Waals surface area contributed by atoms with E-state index in [2.05, 4.69) is 33.6 Å². The molecule has 0 aromatic carbocycles. The molecule has 0 spiro atoms. The highest BCUT2D eigenvalue weighted by atomic mass is 14.3. The SMILES string of the molecule is C=C.C=CC.CC.CC1(C)CCCCC1. The van der Waals surface area contributed by atoms with Gasteiger partial charge in [-0.25, -0.2) is 0 Å². The minimum Gasteiger partial charge on any atom is -0.106 e. The van der Waals surface area contributed by atoms with Gasteiger partial charge in [-0.2, -0.15) is 0 Å². The fourth-order valence-corrected chi connectivity index (χ4v) is 1.51. The summed E-state index contributed by atoms with van der Waals surface area (Å²) >= 11 is 0. The summed E-state index contributed by atoms with van der Waals surface area (Å²) in [5, 5.41) is 0. The second-order valence-corrected chi connectivity index (χ2v) is 4.13. The fraction of sp³-hybridized carbons (Fsp3) is 0.733. The third-order valence-electron chi connectivity index (χ3n) is 2.21. The summed E-state index contributed by atoms with van der Waals surface area (Å²) in [5.41, 5.74) is 0.679. The standard InChI is InChI=1S/C8H16.C3H6.C2H6.C2H4/c1-8(2)6-4-3-5-7-8;1-3-2;2*1-2/h3-7H2,1-2H3;3H,1H2,2H3;1-2H3;1-2H2. The van der Waals surface area contributed by atoms with Crippen LogP contribution in [0.25, 0.3) is 0 Å². The van der Waals surface area contributed by atoms with Crippen LogP contribution in [0.5, 0.6) is 0 Å². The third-order valence-corrected chi connectivity index (χ3v) is 2.21. The zero-order valence-electron chi connectivity index (χ0n) is 11.7. The molecule has 0 aromatic rings. The zero-order chi connectivity index (χ0) is 12.7. The summed E-state index contributed by atoms with van der Waals surface area (Å²) in [5.74, 6) is 0. The highest BCUT2D eigenvalue weighted by molar-refractivity contribution is 4.72. The summed E-state index contributed by atoms with van der Waals surface area (Å²) in [6.07, 6.45) is 9.06. The molecule has 1 aliphatic carbocycles. The van der Waals surface area contributed by atoms with E-state index in [0.29, 0.717) is 5.41 Å². The Morgan fingerprint density at radius 2 is 1.20 bits per heavy atom. The first-order valence-electron chi connectivity index (χ1n) is 6.19. The van der Waals surface area contributed by atoms with Gasteiger partial charge in [-0.3, -0.25) is 0 Å². The number of hydrogen-bond donors (Lipinski definition) is 0. The molecule has 0 atom stereocenters. The molecule has 1 aliphatic rings. The van der Waals surface area contributed by atoms with Crippen molar-refractivity contribution in [2.24, 2.45) is 5.41 Å².